The van der Waals surface area contributed by atoms with Crippen molar-refractivity contribution < 1.29 is 4.74 Å². The Balaban J connectivity index is 1.67. The zero-order valence-corrected chi connectivity index (χ0v) is 11.6. The van der Waals surface area contributed by atoms with Crippen LogP contribution in [0.3, 0.4) is 0 Å². The first-order valence-corrected chi connectivity index (χ1v) is 6.86. The predicted molar refractivity (Wildman–Crippen MR) is 78.3 cm³/mol. The van der Waals surface area contributed by atoms with Crippen molar-refractivity contribution in [2.24, 2.45) is 0 Å². The lowest BCUT2D eigenvalue weighted by Gasteiger charge is -2.23. The van der Waals surface area contributed by atoms with Crippen molar-refractivity contribution in [2.75, 3.05) is 25.0 Å². The molecule has 1 atom stereocenters. The molecule has 5 nitrogen and oxygen atoms in total. The second-order valence-electron chi connectivity index (χ2n) is 4.53. The fourth-order valence-corrected chi connectivity index (χ4v) is 2.14. The fourth-order valence-electron chi connectivity index (χ4n) is 2.03. The van der Waals surface area contributed by atoms with Gasteiger partial charge in [0.25, 0.3) is 0 Å². The topological polar surface area (TPSA) is 59.1 Å². The third-order valence-corrected chi connectivity index (χ3v) is 3.29. The third kappa shape index (κ3) is 3.25. The van der Waals surface area contributed by atoms with Gasteiger partial charge in [-0.05, 0) is 18.2 Å². The number of nitrogens with zero attached hydrogens (tertiary/aromatic N) is 2. The second kappa shape index (κ2) is 6.17. The second-order valence-corrected chi connectivity index (χ2v) is 4.96. The van der Waals surface area contributed by atoms with Gasteiger partial charge in [-0.3, -0.25) is 0 Å². The Morgan fingerprint density at radius 3 is 2.55 bits per heavy atom. The van der Waals surface area contributed by atoms with Gasteiger partial charge in [-0.25, -0.2) is 9.97 Å². The van der Waals surface area contributed by atoms with Gasteiger partial charge in [-0.15, -0.1) is 0 Å². The molecule has 1 saturated heterocycles. The highest BCUT2D eigenvalue weighted by Gasteiger charge is 2.15. The van der Waals surface area contributed by atoms with Crippen LogP contribution < -0.4 is 10.6 Å². The number of anilines is 2. The maximum atomic E-state index is 5.80. The maximum absolute atomic E-state index is 5.80. The minimum atomic E-state index is 0.0824. The SMILES string of the molecule is Clc1ccc(Nc2ccc(C3CNCCO3)cn2)nc1. The quantitative estimate of drug-likeness (QED) is 0.910. The summed E-state index contributed by atoms with van der Waals surface area (Å²) in [6, 6.07) is 7.53. The summed E-state index contributed by atoms with van der Waals surface area (Å²) in [6.07, 6.45) is 3.51. The van der Waals surface area contributed by atoms with Gasteiger partial charge in [0.1, 0.15) is 11.6 Å². The lowest BCUT2D eigenvalue weighted by molar-refractivity contribution is 0.0275. The molecule has 0 aliphatic carbocycles. The lowest BCUT2D eigenvalue weighted by atomic mass is 10.1. The Labute approximate surface area is 122 Å². The largest absolute Gasteiger partial charge is 0.371 e. The van der Waals surface area contributed by atoms with Gasteiger partial charge < -0.3 is 15.4 Å². The number of rotatable bonds is 3. The molecule has 20 heavy (non-hydrogen) atoms. The van der Waals surface area contributed by atoms with Gasteiger partial charge in [-0.2, -0.15) is 0 Å². The first-order chi connectivity index (χ1) is 9.81. The Kier molecular flexibility index (Phi) is 4.11. The van der Waals surface area contributed by atoms with Crippen LogP contribution in [0.25, 0.3) is 0 Å². The molecule has 2 aromatic rings. The summed E-state index contributed by atoms with van der Waals surface area (Å²) in [6.45, 7) is 2.47. The normalized spacial score (nSPS) is 18.8. The van der Waals surface area contributed by atoms with Crippen molar-refractivity contribution in [3.8, 4) is 0 Å². The number of morpholine rings is 1. The molecule has 2 aromatic heterocycles. The molecule has 0 bridgehead atoms. The number of halogens is 1. The van der Waals surface area contributed by atoms with Crippen LogP contribution in [0, 0.1) is 0 Å². The van der Waals surface area contributed by atoms with Gasteiger partial charge in [0.15, 0.2) is 0 Å². The standard InChI is InChI=1S/C14H15ClN4O/c15-11-2-4-14(18-8-11)19-13-3-1-10(7-17-13)12-9-16-5-6-20-12/h1-4,7-8,12,16H,5-6,9H2,(H,17,18,19). The highest BCUT2D eigenvalue weighted by Crippen LogP contribution is 2.20. The molecule has 1 fully saturated rings. The summed E-state index contributed by atoms with van der Waals surface area (Å²) >= 11 is 5.80. The van der Waals surface area contributed by atoms with Crippen molar-refractivity contribution >= 4 is 23.2 Å². The summed E-state index contributed by atoms with van der Waals surface area (Å²) < 4.78 is 5.69. The molecule has 0 amide bonds. The molecule has 1 aliphatic heterocycles. The lowest BCUT2D eigenvalue weighted by Crippen LogP contribution is -2.33. The number of aromatic nitrogens is 2. The molecule has 2 N–H and O–H groups in total. The summed E-state index contributed by atoms with van der Waals surface area (Å²) in [7, 11) is 0. The molecule has 104 valence electrons. The fraction of sp³-hybridized carbons (Fsp3) is 0.286. The van der Waals surface area contributed by atoms with Crippen LogP contribution in [-0.2, 0) is 4.74 Å². The molecule has 0 radical (unpaired) electrons. The monoisotopic (exact) mass is 290 g/mol. The Hall–Kier alpha value is -1.69. The first kappa shape index (κ1) is 13.3. The minimum Gasteiger partial charge on any atom is -0.371 e. The zero-order valence-electron chi connectivity index (χ0n) is 10.8. The van der Waals surface area contributed by atoms with Crippen LogP contribution in [-0.4, -0.2) is 29.7 Å². The molecular formula is C14H15ClN4O. The smallest absolute Gasteiger partial charge is 0.131 e. The van der Waals surface area contributed by atoms with Crippen LogP contribution in [0.4, 0.5) is 11.6 Å². The van der Waals surface area contributed by atoms with E-state index in [9.17, 15) is 0 Å². The van der Waals surface area contributed by atoms with Gasteiger partial charge >= 0.3 is 0 Å². The molecule has 6 heteroatoms. The zero-order chi connectivity index (χ0) is 13.8. The average molecular weight is 291 g/mol. The van der Waals surface area contributed by atoms with Crippen molar-refractivity contribution in [3.05, 3.63) is 47.2 Å². The summed E-state index contributed by atoms with van der Waals surface area (Å²) in [4.78, 5) is 8.55. The van der Waals surface area contributed by atoms with Crippen molar-refractivity contribution in [1.82, 2.24) is 15.3 Å². The molecule has 0 saturated carbocycles. The average Bonchev–Trinajstić information content (AvgIpc) is 2.51. The molecule has 0 aromatic carbocycles. The van der Waals surface area contributed by atoms with Crippen LogP contribution in [0.15, 0.2) is 36.7 Å². The predicted octanol–water partition coefficient (Wildman–Crippen LogP) is 2.53. The van der Waals surface area contributed by atoms with E-state index in [1.807, 2.05) is 24.4 Å². The van der Waals surface area contributed by atoms with Gasteiger partial charge in [0.05, 0.1) is 17.7 Å². The Morgan fingerprint density at radius 1 is 1.15 bits per heavy atom. The van der Waals surface area contributed by atoms with Crippen LogP contribution >= 0.6 is 11.6 Å². The maximum Gasteiger partial charge on any atom is 0.131 e. The van der Waals surface area contributed by atoms with Crippen LogP contribution in [0.5, 0.6) is 0 Å². The Morgan fingerprint density at radius 2 is 1.95 bits per heavy atom. The summed E-state index contributed by atoms with van der Waals surface area (Å²) in [5, 5.41) is 7.04. The molecule has 3 heterocycles. The van der Waals surface area contributed by atoms with E-state index in [1.54, 1.807) is 12.3 Å². The van der Waals surface area contributed by atoms with Gasteiger partial charge in [-0.1, -0.05) is 17.7 Å². The van der Waals surface area contributed by atoms with E-state index >= 15 is 0 Å². The molecular weight excluding hydrogens is 276 g/mol. The van der Waals surface area contributed by atoms with E-state index in [-0.39, 0.29) is 6.10 Å². The summed E-state index contributed by atoms with van der Waals surface area (Å²) in [5.74, 6) is 1.46. The van der Waals surface area contributed by atoms with Gasteiger partial charge in [0.2, 0.25) is 0 Å². The number of ether oxygens (including phenoxy) is 1. The van der Waals surface area contributed by atoms with E-state index < -0.39 is 0 Å². The highest BCUT2D eigenvalue weighted by molar-refractivity contribution is 6.30. The number of nitrogens with one attached hydrogen (secondary N) is 2. The summed E-state index contributed by atoms with van der Waals surface area (Å²) in [5.41, 5.74) is 1.08. The minimum absolute atomic E-state index is 0.0824. The van der Waals surface area contributed by atoms with E-state index in [4.69, 9.17) is 16.3 Å². The third-order valence-electron chi connectivity index (χ3n) is 3.07. The van der Waals surface area contributed by atoms with E-state index in [2.05, 4.69) is 20.6 Å². The van der Waals surface area contributed by atoms with E-state index in [0.29, 0.717) is 10.8 Å². The highest BCUT2D eigenvalue weighted by atomic mass is 35.5. The van der Waals surface area contributed by atoms with Crippen molar-refractivity contribution in [1.29, 1.82) is 0 Å². The molecule has 1 aliphatic rings. The number of hydrogen-bond donors (Lipinski definition) is 2. The number of pyridine rings is 2. The van der Waals surface area contributed by atoms with Gasteiger partial charge in [0, 0.05) is 31.0 Å². The molecule has 1 unspecified atom stereocenters. The molecule has 3 rings (SSSR count). The van der Waals surface area contributed by atoms with E-state index in [0.717, 1.165) is 31.1 Å². The van der Waals surface area contributed by atoms with Crippen LogP contribution in [0.1, 0.15) is 11.7 Å². The van der Waals surface area contributed by atoms with Crippen LogP contribution in [0.2, 0.25) is 5.02 Å². The van der Waals surface area contributed by atoms with Crippen molar-refractivity contribution in [3.63, 3.8) is 0 Å². The molecule has 0 spiro atoms. The Bertz CT molecular complexity index is 552. The van der Waals surface area contributed by atoms with Crippen molar-refractivity contribution in [2.45, 2.75) is 6.10 Å². The number of hydrogen-bond acceptors (Lipinski definition) is 5. The first-order valence-electron chi connectivity index (χ1n) is 6.48. The van der Waals surface area contributed by atoms with E-state index in [1.165, 1.54) is 0 Å².